The van der Waals surface area contributed by atoms with E-state index in [1.165, 1.54) is 0 Å². The minimum Gasteiger partial charge on any atom is -0.480 e. The Kier molecular flexibility index (Phi) is 7.02. The van der Waals surface area contributed by atoms with Gasteiger partial charge >= 0.3 is 5.97 Å². The quantitative estimate of drug-likeness (QED) is 0.676. The van der Waals surface area contributed by atoms with Crippen molar-refractivity contribution in [1.29, 1.82) is 0 Å². The summed E-state index contributed by atoms with van der Waals surface area (Å²) in [4.78, 5) is 10.5. The summed E-state index contributed by atoms with van der Waals surface area (Å²) in [6.07, 6.45) is 3.95. The van der Waals surface area contributed by atoms with E-state index < -0.39 is 12.0 Å². The third kappa shape index (κ3) is 4.89. The molecule has 0 spiro atoms. The summed E-state index contributed by atoms with van der Waals surface area (Å²) < 4.78 is 0.318. The highest BCUT2D eigenvalue weighted by Crippen LogP contribution is 2.36. The Morgan fingerprint density at radius 1 is 1.33 bits per heavy atom. The summed E-state index contributed by atoms with van der Waals surface area (Å²) in [6.45, 7) is 6.57. The van der Waals surface area contributed by atoms with E-state index in [1.807, 2.05) is 11.8 Å². The monoisotopic (exact) mass is 233 g/mol. The SMILES string of the molecule is CCC(CC)(CC)SCC[C@H](N)C(=O)O. The number of carboxylic acid groups (broad SMARTS) is 1. The average molecular weight is 233 g/mol. The van der Waals surface area contributed by atoms with Crippen LogP contribution in [0.5, 0.6) is 0 Å². The second-order valence-electron chi connectivity index (χ2n) is 3.83. The maximum atomic E-state index is 10.5. The molecular weight excluding hydrogens is 210 g/mol. The van der Waals surface area contributed by atoms with E-state index in [0.29, 0.717) is 11.2 Å². The van der Waals surface area contributed by atoms with Crippen LogP contribution < -0.4 is 5.73 Å². The van der Waals surface area contributed by atoms with Crippen LogP contribution in [-0.2, 0) is 4.79 Å². The zero-order valence-corrected chi connectivity index (χ0v) is 10.8. The summed E-state index contributed by atoms with van der Waals surface area (Å²) in [6, 6.07) is -0.708. The van der Waals surface area contributed by atoms with Gasteiger partial charge in [0, 0.05) is 4.75 Å². The van der Waals surface area contributed by atoms with Crippen molar-refractivity contribution in [2.45, 2.75) is 57.2 Å². The van der Waals surface area contributed by atoms with Crippen molar-refractivity contribution < 1.29 is 9.90 Å². The van der Waals surface area contributed by atoms with Crippen LogP contribution in [0.15, 0.2) is 0 Å². The summed E-state index contributed by atoms with van der Waals surface area (Å²) >= 11 is 1.87. The molecule has 0 aromatic carbocycles. The fraction of sp³-hybridized carbons (Fsp3) is 0.909. The van der Waals surface area contributed by atoms with Gasteiger partial charge in [-0.05, 0) is 31.4 Å². The van der Waals surface area contributed by atoms with Crippen molar-refractivity contribution in [3.05, 3.63) is 0 Å². The lowest BCUT2D eigenvalue weighted by atomic mass is 9.99. The number of hydrogen-bond acceptors (Lipinski definition) is 3. The fourth-order valence-electron chi connectivity index (χ4n) is 1.58. The van der Waals surface area contributed by atoms with Crippen LogP contribution in [0.1, 0.15) is 46.5 Å². The predicted molar refractivity (Wildman–Crippen MR) is 66.3 cm³/mol. The van der Waals surface area contributed by atoms with Gasteiger partial charge in [-0.3, -0.25) is 4.79 Å². The highest BCUT2D eigenvalue weighted by atomic mass is 32.2. The molecule has 0 rings (SSSR count). The zero-order chi connectivity index (χ0) is 11.9. The maximum absolute atomic E-state index is 10.5. The molecule has 4 heteroatoms. The van der Waals surface area contributed by atoms with Gasteiger partial charge in [0.2, 0.25) is 0 Å². The number of nitrogens with two attached hydrogens (primary N) is 1. The molecule has 0 radical (unpaired) electrons. The molecule has 0 saturated heterocycles. The standard InChI is InChI=1S/C11H23NO2S/c1-4-11(5-2,6-3)15-8-7-9(12)10(13)14/h9H,4-8,12H2,1-3H3,(H,13,14)/t9-/m0/s1. The molecule has 0 unspecified atom stereocenters. The molecule has 0 amide bonds. The molecule has 3 nitrogen and oxygen atoms in total. The summed E-state index contributed by atoms with van der Waals surface area (Å²) in [5, 5.41) is 8.65. The molecule has 15 heavy (non-hydrogen) atoms. The van der Waals surface area contributed by atoms with E-state index in [-0.39, 0.29) is 0 Å². The lowest BCUT2D eigenvalue weighted by Gasteiger charge is -2.30. The van der Waals surface area contributed by atoms with Gasteiger partial charge in [-0.25, -0.2) is 0 Å². The van der Waals surface area contributed by atoms with Crippen LogP contribution in [0.2, 0.25) is 0 Å². The Morgan fingerprint density at radius 3 is 2.13 bits per heavy atom. The first-order valence-corrected chi connectivity index (χ1v) is 6.62. The number of carbonyl (C=O) groups is 1. The number of rotatable bonds is 8. The normalized spacial score (nSPS) is 13.9. The molecule has 0 heterocycles. The average Bonchev–Trinajstić information content (AvgIpc) is 2.24. The maximum Gasteiger partial charge on any atom is 0.320 e. The Morgan fingerprint density at radius 2 is 1.80 bits per heavy atom. The number of aliphatic carboxylic acids is 1. The van der Waals surface area contributed by atoms with Crippen molar-refractivity contribution in [3.63, 3.8) is 0 Å². The van der Waals surface area contributed by atoms with E-state index in [2.05, 4.69) is 20.8 Å². The van der Waals surface area contributed by atoms with Crippen LogP contribution in [-0.4, -0.2) is 27.6 Å². The highest BCUT2D eigenvalue weighted by Gasteiger charge is 2.24. The number of thioether (sulfide) groups is 1. The van der Waals surface area contributed by atoms with Gasteiger partial charge in [0.15, 0.2) is 0 Å². The van der Waals surface area contributed by atoms with Crippen LogP contribution in [0, 0.1) is 0 Å². The van der Waals surface area contributed by atoms with Gasteiger partial charge in [0.25, 0.3) is 0 Å². The van der Waals surface area contributed by atoms with Gasteiger partial charge in [-0.1, -0.05) is 20.8 Å². The molecule has 0 fully saturated rings. The smallest absolute Gasteiger partial charge is 0.320 e. The molecule has 0 aromatic heterocycles. The van der Waals surface area contributed by atoms with Gasteiger partial charge < -0.3 is 10.8 Å². The summed E-state index contributed by atoms with van der Waals surface area (Å²) in [5.41, 5.74) is 5.46. The molecule has 0 saturated carbocycles. The molecule has 1 atom stereocenters. The van der Waals surface area contributed by atoms with Crippen molar-refractivity contribution in [2.75, 3.05) is 5.75 Å². The molecule has 0 bridgehead atoms. The topological polar surface area (TPSA) is 63.3 Å². The van der Waals surface area contributed by atoms with Crippen molar-refractivity contribution in [3.8, 4) is 0 Å². The van der Waals surface area contributed by atoms with Crippen LogP contribution in [0.4, 0.5) is 0 Å². The van der Waals surface area contributed by atoms with Gasteiger partial charge in [-0.15, -0.1) is 0 Å². The second kappa shape index (κ2) is 7.12. The zero-order valence-electron chi connectivity index (χ0n) is 9.95. The Bertz CT molecular complexity index is 185. The van der Waals surface area contributed by atoms with Gasteiger partial charge in [-0.2, -0.15) is 11.8 Å². The van der Waals surface area contributed by atoms with E-state index >= 15 is 0 Å². The van der Waals surface area contributed by atoms with Crippen molar-refractivity contribution in [2.24, 2.45) is 5.73 Å². The lowest BCUT2D eigenvalue weighted by molar-refractivity contribution is -0.138. The van der Waals surface area contributed by atoms with Crippen LogP contribution >= 0.6 is 11.8 Å². The third-order valence-corrected chi connectivity index (χ3v) is 5.01. The molecule has 3 N–H and O–H groups in total. The van der Waals surface area contributed by atoms with E-state index in [0.717, 1.165) is 25.0 Å². The van der Waals surface area contributed by atoms with Gasteiger partial charge in [0.05, 0.1) is 0 Å². The number of hydrogen-bond donors (Lipinski definition) is 2. The largest absolute Gasteiger partial charge is 0.480 e. The van der Waals surface area contributed by atoms with E-state index in [1.54, 1.807) is 0 Å². The van der Waals surface area contributed by atoms with Gasteiger partial charge in [0.1, 0.15) is 6.04 Å². The third-order valence-electron chi connectivity index (χ3n) is 3.09. The molecule has 0 aliphatic carbocycles. The molecule has 0 aliphatic heterocycles. The van der Waals surface area contributed by atoms with Crippen molar-refractivity contribution in [1.82, 2.24) is 0 Å². The summed E-state index contributed by atoms with van der Waals surface area (Å²) in [7, 11) is 0. The first-order chi connectivity index (χ1) is 7.01. The lowest BCUT2D eigenvalue weighted by Crippen LogP contribution is -2.31. The molecular formula is C11H23NO2S. The summed E-state index contributed by atoms with van der Waals surface area (Å²) in [5.74, 6) is -0.0612. The fourth-order valence-corrected chi connectivity index (χ4v) is 3.00. The van der Waals surface area contributed by atoms with E-state index in [9.17, 15) is 4.79 Å². The first kappa shape index (κ1) is 14.8. The highest BCUT2D eigenvalue weighted by molar-refractivity contribution is 8.00. The van der Waals surface area contributed by atoms with Crippen LogP contribution in [0.25, 0.3) is 0 Å². The Hall–Kier alpha value is -0.220. The van der Waals surface area contributed by atoms with E-state index in [4.69, 9.17) is 10.8 Å². The second-order valence-corrected chi connectivity index (χ2v) is 5.39. The Labute approximate surface area is 96.8 Å². The molecule has 90 valence electrons. The first-order valence-electron chi connectivity index (χ1n) is 5.63. The Balaban J connectivity index is 3.96. The molecule has 0 aromatic rings. The van der Waals surface area contributed by atoms with Crippen molar-refractivity contribution >= 4 is 17.7 Å². The predicted octanol–water partition coefficient (Wildman–Crippen LogP) is 2.49. The van der Waals surface area contributed by atoms with Crippen LogP contribution in [0.3, 0.4) is 0 Å². The number of carboxylic acids is 1. The minimum absolute atomic E-state index is 0.318. The molecule has 0 aliphatic rings. The minimum atomic E-state index is -0.898.